The van der Waals surface area contributed by atoms with Crippen LogP contribution in [0.2, 0.25) is 0 Å². The highest BCUT2D eigenvalue weighted by Crippen LogP contribution is 2.53. The van der Waals surface area contributed by atoms with E-state index in [0.717, 1.165) is 19.3 Å². The van der Waals surface area contributed by atoms with E-state index in [4.69, 9.17) is 4.42 Å². The number of nitrogens with zero attached hydrogens (tertiary/aromatic N) is 3. The van der Waals surface area contributed by atoms with Gasteiger partial charge in [-0.1, -0.05) is 12.5 Å². The van der Waals surface area contributed by atoms with E-state index in [-0.39, 0.29) is 39.4 Å². The van der Waals surface area contributed by atoms with Crippen LogP contribution in [0.5, 0.6) is 0 Å². The fourth-order valence-electron chi connectivity index (χ4n) is 4.50. The van der Waals surface area contributed by atoms with E-state index >= 15 is 0 Å². The lowest BCUT2D eigenvalue weighted by molar-refractivity contribution is 0.0978. The maximum atomic E-state index is 14.6. The third-order valence-corrected chi connectivity index (χ3v) is 5.99. The number of furan rings is 1. The summed E-state index contributed by atoms with van der Waals surface area (Å²) in [6, 6.07) is 4.84. The van der Waals surface area contributed by atoms with Crippen molar-refractivity contribution in [1.82, 2.24) is 9.55 Å². The number of rotatable bonds is 1. The molecule has 3 heterocycles. The quantitative estimate of drug-likeness (QED) is 0.663. The Morgan fingerprint density at radius 2 is 2.11 bits per heavy atom. The predicted octanol–water partition coefficient (Wildman–Crippen LogP) is 3.06. The molecule has 27 heavy (non-hydrogen) atoms. The third kappa shape index (κ3) is 2.02. The molecule has 1 amide bonds. The summed E-state index contributed by atoms with van der Waals surface area (Å²) in [5.74, 6) is -0.265. The molecule has 7 heteroatoms. The van der Waals surface area contributed by atoms with Crippen molar-refractivity contribution in [1.29, 1.82) is 0 Å². The molecule has 1 aliphatic heterocycles. The Labute approximate surface area is 154 Å². The van der Waals surface area contributed by atoms with Crippen molar-refractivity contribution >= 4 is 22.7 Å². The highest BCUT2D eigenvalue weighted by atomic mass is 19.1. The summed E-state index contributed by atoms with van der Waals surface area (Å²) in [4.78, 5) is 31.8. The van der Waals surface area contributed by atoms with Crippen LogP contribution in [-0.2, 0) is 12.5 Å². The minimum absolute atomic E-state index is 0.149. The fourth-order valence-corrected chi connectivity index (χ4v) is 4.50. The number of carbonyl (C=O) groups excluding carboxylic acids is 1. The van der Waals surface area contributed by atoms with Gasteiger partial charge in [0.25, 0.3) is 11.5 Å². The Bertz CT molecular complexity index is 1170. The first kappa shape index (κ1) is 16.2. The number of hydrogen-bond donors (Lipinski definition) is 0. The van der Waals surface area contributed by atoms with E-state index in [1.165, 1.54) is 17.0 Å². The molecule has 2 aromatic heterocycles. The molecule has 6 nitrogen and oxygen atoms in total. The monoisotopic (exact) mass is 367 g/mol. The smallest absolute Gasteiger partial charge is 0.265 e. The Morgan fingerprint density at radius 1 is 1.33 bits per heavy atom. The molecule has 0 bridgehead atoms. The molecule has 1 saturated carbocycles. The first-order valence-electron chi connectivity index (χ1n) is 8.98. The molecular weight excluding hydrogens is 349 g/mol. The molecule has 0 N–H and O–H groups in total. The van der Waals surface area contributed by atoms with Gasteiger partial charge in [-0.25, -0.2) is 9.37 Å². The Hall–Kier alpha value is -2.96. The zero-order valence-electron chi connectivity index (χ0n) is 15.1. The molecule has 1 spiro atoms. The molecular formula is C20H18FN3O3. The largest absolute Gasteiger partial charge is 0.442 e. The van der Waals surface area contributed by atoms with Crippen molar-refractivity contribution in [3.8, 4) is 0 Å². The van der Waals surface area contributed by atoms with Crippen LogP contribution in [0, 0.1) is 12.7 Å². The summed E-state index contributed by atoms with van der Waals surface area (Å²) in [5, 5.41) is 0.176. The predicted molar refractivity (Wildman–Crippen MR) is 97.6 cm³/mol. The van der Waals surface area contributed by atoms with Gasteiger partial charge < -0.3 is 13.9 Å². The molecule has 1 aliphatic carbocycles. The number of halogens is 1. The molecule has 138 valence electrons. The van der Waals surface area contributed by atoms with Crippen LogP contribution >= 0.6 is 0 Å². The lowest BCUT2D eigenvalue weighted by Crippen LogP contribution is -2.42. The zero-order chi connectivity index (χ0) is 18.9. The van der Waals surface area contributed by atoms with Gasteiger partial charge in [0.15, 0.2) is 0 Å². The van der Waals surface area contributed by atoms with Gasteiger partial charge in [0.05, 0.1) is 11.3 Å². The minimum atomic E-state index is -0.341. The van der Waals surface area contributed by atoms with Gasteiger partial charge in [-0.15, -0.1) is 0 Å². The van der Waals surface area contributed by atoms with Gasteiger partial charge in [0.2, 0.25) is 5.71 Å². The summed E-state index contributed by atoms with van der Waals surface area (Å²) >= 11 is 0. The van der Waals surface area contributed by atoms with Crippen LogP contribution < -0.4 is 10.5 Å². The van der Waals surface area contributed by atoms with Crippen molar-refractivity contribution in [3.05, 3.63) is 57.6 Å². The highest BCUT2D eigenvalue weighted by Gasteiger charge is 2.50. The summed E-state index contributed by atoms with van der Waals surface area (Å²) in [5.41, 5.74) is 0.932. The van der Waals surface area contributed by atoms with Crippen LogP contribution in [0.1, 0.15) is 40.9 Å². The molecule has 1 fully saturated rings. The number of fused-ring (bicyclic) bond motifs is 3. The summed E-state index contributed by atoms with van der Waals surface area (Å²) in [6.45, 7) is 2.07. The van der Waals surface area contributed by atoms with E-state index < -0.39 is 0 Å². The Morgan fingerprint density at radius 3 is 2.81 bits per heavy atom. The van der Waals surface area contributed by atoms with Crippen molar-refractivity contribution in [2.24, 2.45) is 7.05 Å². The van der Waals surface area contributed by atoms with Crippen molar-refractivity contribution in [3.63, 3.8) is 0 Å². The standard InChI is InChI=1S/C20H18FN3O3/c1-11-14(15-17(27-11)22-10-23(2)18(15)25)19(26)24-9-20(7-4-8-20)16-12(21)5-3-6-13(16)24/h3,5-6,10H,4,7-9H2,1-2H3. The van der Waals surface area contributed by atoms with Gasteiger partial charge in [-0.3, -0.25) is 9.59 Å². The molecule has 1 aromatic carbocycles. The first-order chi connectivity index (χ1) is 12.9. The SMILES string of the molecule is Cc1oc2ncn(C)c(=O)c2c1C(=O)N1CC2(CCC2)c2c(F)cccc21. The van der Waals surface area contributed by atoms with Gasteiger partial charge in [0, 0.05) is 24.6 Å². The molecule has 0 radical (unpaired) electrons. The van der Waals surface area contributed by atoms with E-state index in [2.05, 4.69) is 4.98 Å². The molecule has 2 aliphatic rings. The number of hydrogen-bond acceptors (Lipinski definition) is 4. The fraction of sp³-hybridized carbons (Fsp3) is 0.350. The van der Waals surface area contributed by atoms with E-state index in [1.54, 1.807) is 31.0 Å². The second-order valence-electron chi connectivity index (χ2n) is 7.53. The lowest BCUT2D eigenvalue weighted by Gasteiger charge is -2.39. The van der Waals surface area contributed by atoms with Crippen LogP contribution in [-0.4, -0.2) is 22.0 Å². The highest BCUT2D eigenvalue weighted by molar-refractivity contribution is 6.15. The number of anilines is 1. The Balaban J connectivity index is 1.70. The molecule has 0 atom stereocenters. The number of aryl methyl sites for hydroxylation is 2. The minimum Gasteiger partial charge on any atom is -0.442 e. The number of amides is 1. The molecule has 5 rings (SSSR count). The number of carbonyl (C=O) groups is 1. The number of benzene rings is 1. The Kier molecular flexibility index (Phi) is 3.17. The zero-order valence-corrected chi connectivity index (χ0v) is 15.1. The van der Waals surface area contributed by atoms with Gasteiger partial charge in [-0.05, 0) is 31.9 Å². The van der Waals surface area contributed by atoms with E-state index in [1.807, 2.05) is 0 Å². The maximum absolute atomic E-state index is 14.6. The van der Waals surface area contributed by atoms with Gasteiger partial charge in [0.1, 0.15) is 23.3 Å². The second kappa shape index (κ2) is 5.28. The summed E-state index contributed by atoms with van der Waals surface area (Å²) in [7, 11) is 1.58. The van der Waals surface area contributed by atoms with Crippen LogP contribution in [0.25, 0.3) is 11.1 Å². The molecule has 0 unspecified atom stereocenters. The van der Waals surface area contributed by atoms with Crippen molar-refractivity contribution in [2.75, 3.05) is 11.4 Å². The average Bonchev–Trinajstić information content (AvgIpc) is 3.14. The third-order valence-electron chi connectivity index (χ3n) is 5.99. The van der Waals surface area contributed by atoms with Crippen molar-refractivity contribution < 1.29 is 13.6 Å². The van der Waals surface area contributed by atoms with E-state index in [0.29, 0.717) is 23.6 Å². The molecule has 3 aromatic rings. The topological polar surface area (TPSA) is 68.3 Å². The maximum Gasteiger partial charge on any atom is 0.265 e. The normalized spacial score (nSPS) is 17.4. The first-order valence-corrected chi connectivity index (χ1v) is 8.98. The van der Waals surface area contributed by atoms with Gasteiger partial charge in [-0.2, -0.15) is 0 Å². The summed E-state index contributed by atoms with van der Waals surface area (Å²) in [6.07, 6.45) is 4.11. The van der Waals surface area contributed by atoms with Crippen LogP contribution in [0.3, 0.4) is 0 Å². The second-order valence-corrected chi connectivity index (χ2v) is 7.53. The van der Waals surface area contributed by atoms with Crippen LogP contribution in [0.4, 0.5) is 10.1 Å². The molecule has 0 saturated heterocycles. The number of aromatic nitrogens is 2. The lowest BCUT2D eigenvalue weighted by atomic mass is 9.65. The summed E-state index contributed by atoms with van der Waals surface area (Å²) < 4.78 is 21.5. The van der Waals surface area contributed by atoms with E-state index in [9.17, 15) is 14.0 Å². The van der Waals surface area contributed by atoms with Crippen LogP contribution in [0.15, 0.2) is 33.7 Å². The average molecular weight is 367 g/mol. The van der Waals surface area contributed by atoms with Crippen molar-refractivity contribution in [2.45, 2.75) is 31.6 Å². The van der Waals surface area contributed by atoms with Gasteiger partial charge >= 0.3 is 0 Å².